The van der Waals surface area contributed by atoms with Crippen molar-refractivity contribution in [1.29, 1.82) is 0 Å². The lowest BCUT2D eigenvalue weighted by Gasteiger charge is -2.22. The first-order chi connectivity index (χ1) is 12.1. The maximum Gasteiger partial charge on any atom is 0.302 e. The summed E-state index contributed by atoms with van der Waals surface area (Å²) in [6.45, 7) is 15.2. The molecule has 0 saturated heterocycles. The summed E-state index contributed by atoms with van der Waals surface area (Å²) >= 11 is 0. The van der Waals surface area contributed by atoms with Crippen molar-refractivity contribution in [2.24, 2.45) is 11.3 Å². The summed E-state index contributed by atoms with van der Waals surface area (Å²) in [4.78, 5) is 20.9. The van der Waals surface area contributed by atoms with Gasteiger partial charge in [0.1, 0.15) is 0 Å². The first kappa shape index (κ1) is 27.2. The Morgan fingerprint density at radius 2 is 1.27 bits per heavy atom. The van der Waals surface area contributed by atoms with E-state index in [1.54, 1.807) is 0 Å². The van der Waals surface area contributed by atoms with E-state index in [4.69, 9.17) is 9.47 Å². The van der Waals surface area contributed by atoms with Crippen molar-refractivity contribution in [3.8, 4) is 0 Å². The van der Waals surface area contributed by atoms with E-state index in [0.717, 1.165) is 12.8 Å². The van der Waals surface area contributed by atoms with Gasteiger partial charge in [-0.15, -0.1) is 0 Å². The summed E-state index contributed by atoms with van der Waals surface area (Å²) in [7, 11) is 0. The summed E-state index contributed by atoms with van der Waals surface area (Å²) in [6.07, 6.45) is 11.0. The summed E-state index contributed by atoms with van der Waals surface area (Å²) in [6, 6.07) is 0. The lowest BCUT2D eigenvalue weighted by Crippen LogP contribution is -2.13. The highest BCUT2D eigenvalue weighted by Crippen LogP contribution is 2.25. The molecule has 4 heteroatoms. The fourth-order valence-corrected chi connectivity index (χ4v) is 2.83. The predicted molar refractivity (Wildman–Crippen MR) is 109 cm³/mol. The molecule has 0 spiro atoms. The summed E-state index contributed by atoms with van der Waals surface area (Å²) in [5.41, 5.74) is 0.371. The number of rotatable bonds is 12. The Hall–Kier alpha value is -1.06. The minimum absolute atomic E-state index is 0.161. The smallest absolute Gasteiger partial charge is 0.302 e. The largest absolute Gasteiger partial charge is 0.466 e. The highest BCUT2D eigenvalue weighted by Gasteiger charge is 2.15. The topological polar surface area (TPSA) is 52.6 Å². The van der Waals surface area contributed by atoms with Crippen molar-refractivity contribution in [3.05, 3.63) is 0 Å². The van der Waals surface area contributed by atoms with Gasteiger partial charge in [0.2, 0.25) is 0 Å². The molecule has 0 aliphatic heterocycles. The monoisotopic (exact) mass is 372 g/mol. The zero-order chi connectivity index (χ0) is 20.4. The highest BCUT2D eigenvalue weighted by molar-refractivity contribution is 5.66. The van der Waals surface area contributed by atoms with Crippen LogP contribution in [0, 0.1) is 11.3 Å². The minimum Gasteiger partial charge on any atom is -0.466 e. The normalized spacial score (nSPS) is 12.0. The first-order valence-electron chi connectivity index (χ1n) is 10.3. The molecular weight excluding hydrogens is 328 g/mol. The van der Waals surface area contributed by atoms with E-state index in [-0.39, 0.29) is 11.9 Å². The summed E-state index contributed by atoms with van der Waals surface area (Å²) in [5, 5.41) is 0. The molecule has 0 aromatic rings. The van der Waals surface area contributed by atoms with Crippen molar-refractivity contribution in [1.82, 2.24) is 0 Å². The van der Waals surface area contributed by atoms with E-state index in [1.807, 2.05) is 0 Å². The molecule has 0 bridgehead atoms. The van der Waals surface area contributed by atoms with Crippen LogP contribution >= 0.6 is 0 Å². The Bertz CT molecular complexity index is 345. The molecule has 26 heavy (non-hydrogen) atoms. The summed E-state index contributed by atoms with van der Waals surface area (Å²) in [5.74, 6) is 0.285. The Morgan fingerprint density at radius 1 is 0.808 bits per heavy atom. The van der Waals surface area contributed by atoms with E-state index >= 15 is 0 Å². The second-order valence-electron chi connectivity index (χ2n) is 8.46. The predicted octanol–water partition coefficient (Wildman–Crippen LogP) is 6.31. The number of esters is 2. The third kappa shape index (κ3) is 27.8. The van der Waals surface area contributed by atoms with Gasteiger partial charge in [-0.2, -0.15) is 0 Å². The average Bonchev–Trinajstić information content (AvgIpc) is 2.48. The molecule has 0 aliphatic rings. The molecule has 0 aromatic heterocycles. The zero-order valence-electron chi connectivity index (χ0n) is 18.5. The van der Waals surface area contributed by atoms with Gasteiger partial charge in [-0.25, -0.2) is 0 Å². The number of hydrogen-bond donors (Lipinski definition) is 0. The second-order valence-corrected chi connectivity index (χ2v) is 8.46. The SMILES string of the molecule is CC(=O)OCCC(C)CC(C)(C)C.CCCCCCCCCOC(C)=O. The third-order valence-electron chi connectivity index (χ3n) is 3.93. The van der Waals surface area contributed by atoms with Crippen molar-refractivity contribution in [2.75, 3.05) is 13.2 Å². The van der Waals surface area contributed by atoms with E-state index in [0.29, 0.717) is 24.5 Å². The van der Waals surface area contributed by atoms with Crippen molar-refractivity contribution >= 4 is 11.9 Å². The van der Waals surface area contributed by atoms with Crippen LogP contribution in [-0.4, -0.2) is 25.2 Å². The molecule has 0 heterocycles. The van der Waals surface area contributed by atoms with Gasteiger partial charge in [-0.1, -0.05) is 73.1 Å². The van der Waals surface area contributed by atoms with Crippen LogP contribution in [0.1, 0.15) is 106 Å². The Kier molecular flexibility index (Phi) is 18.1. The number of carbonyl (C=O) groups excluding carboxylic acids is 2. The van der Waals surface area contributed by atoms with E-state index in [9.17, 15) is 9.59 Å². The Labute approximate surface area is 162 Å². The van der Waals surface area contributed by atoms with Gasteiger partial charge in [-0.3, -0.25) is 9.59 Å². The lowest BCUT2D eigenvalue weighted by atomic mass is 9.84. The van der Waals surface area contributed by atoms with Crippen LogP contribution < -0.4 is 0 Å². The fraction of sp³-hybridized carbons (Fsp3) is 0.909. The van der Waals surface area contributed by atoms with E-state index < -0.39 is 0 Å². The highest BCUT2D eigenvalue weighted by atomic mass is 16.5. The Morgan fingerprint density at radius 3 is 1.73 bits per heavy atom. The van der Waals surface area contributed by atoms with Crippen LogP contribution in [0.5, 0.6) is 0 Å². The molecular formula is C22H44O4. The molecule has 4 nitrogen and oxygen atoms in total. The van der Waals surface area contributed by atoms with Gasteiger partial charge >= 0.3 is 11.9 Å². The number of hydrogen-bond acceptors (Lipinski definition) is 4. The van der Waals surface area contributed by atoms with E-state index in [1.165, 1.54) is 58.8 Å². The lowest BCUT2D eigenvalue weighted by molar-refractivity contribution is -0.142. The van der Waals surface area contributed by atoms with Crippen molar-refractivity contribution in [2.45, 2.75) is 106 Å². The van der Waals surface area contributed by atoms with Gasteiger partial charge < -0.3 is 9.47 Å². The standard InChI is InChI=1S/2C11H22O2/c1-9(8-11(3,4)5)6-7-13-10(2)12;1-3-4-5-6-7-8-9-10-13-11(2)12/h9H,6-8H2,1-5H3;3-10H2,1-2H3. The van der Waals surface area contributed by atoms with Crippen LogP contribution in [0.15, 0.2) is 0 Å². The maximum absolute atomic E-state index is 10.5. The van der Waals surface area contributed by atoms with Gasteiger partial charge in [-0.05, 0) is 30.6 Å². The molecule has 1 unspecified atom stereocenters. The quantitative estimate of drug-likeness (QED) is 0.297. The number of ether oxygens (including phenoxy) is 2. The van der Waals surface area contributed by atoms with Gasteiger partial charge in [0.15, 0.2) is 0 Å². The van der Waals surface area contributed by atoms with Crippen LogP contribution in [0.3, 0.4) is 0 Å². The molecule has 0 aromatic carbocycles. The molecule has 0 aliphatic carbocycles. The van der Waals surface area contributed by atoms with Gasteiger partial charge in [0, 0.05) is 13.8 Å². The molecule has 0 amide bonds. The van der Waals surface area contributed by atoms with Gasteiger partial charge in [0.05, 0.1) is 13.2 Å². The average molecular weight is 373 g/mol. The maximum atomic E-state index is 10.5. The molecule has 1 atom stereocenters. The Balaban J connectivity index is 0. The molecule has 0 fully saturated rings. The van der Waals surface area contributed by atoms with E-state index in [2.05, 4.69) is 34.6 Å². The summed E-state index contributed by atoms with van der Waals surface area (Å²) < 4.78 is 9.72. The van der Waals surface area contributed by atoms with Gasteiger partial charge in [0.25, 0.3) is 0 Å². The molecule has 0 N–H and O–H groups in total. The minimum atomic E-state index is -0.178. The zero-order valence-corrected chi connectivity index (χ0v) is 18.5. The number of unbranched alkanes of at least 4 members (excludes halogenated alkanes) is 6. The second kappa shape index (κ2) is 17.4. The van der Waals surface area contributed by atoms with Crippen LogP contribution in [0.4, 0.5) is 0 Å². The molecule has 156 valence electrons. The van der Waals surface area contributed by atoms with Crippen LogP contribution in [0.2, 0.25) is 0 Å². The molecule has 0 radical (unpaired) electrons. The fourth-order valence-electron chi connectivity index (χ4n) is 2.83. The van der Waals surface area contributed by atoms with Crippen molar-refractivity contribution in [3.63, 3.8) is 0 Å². The number of carbonyl (C=O) groups is 2. The van der Waals surface area contributed by atoms with Crippen LogP contribution in [-0.2, 0) is 19.1 Å². The molecule has 0 saturated carbocycles. The molecule has 0 rings (SSSR count). The van der Waals surface area contributed by atoms with Crippen molar-refractivity contribution < 1.29 is 19.1 Å². The first-order valence-corrected chi connectivity index (χ1v) is 10.3. The van der Waals surface area contributed by atoms with Crippen LogP contribution in [0.25, 0.3) is 0 Å². The third-order valence-corrected chi connectivity index (χ3v) is 3.93.